The van der Waals surface area contributed by atoms with Gasteiger partial charge in [-0.1, -0.05) is 12.1 Å². The second-order valence-electron chi connectivity index (χ2n) is 4.10. The van der Waals surface area contributed by atoms with Gasteiger partial charge < -0.3 is 14.4 Å². The zero-order valence-electron chi connectivity index (χ0n) is 10.7. The van der Waals surface area contributed by atoms with Gasteiger partial charge >= 0.3 is 6.09 Å². The highest BCUT2D eigenvalue weighted by molar-refractivity contribution is 5.69. The summed E-state index contributed by atoms with van der Waals surface area (Å²) >= 11 is 0. The van der Waals surface area contributed by atoms with E-state index in [1.165, 1.54) is 23.3 Å². The average Bonchev–Trinajstić information content (AvgIpc) is 2.48. The molecule has 0 aromatic heterocycles. The van der Waals surface area contributed by atoms with Crippen molar-refractivity contribution in [1.82, 2.24) is 4.90 Å². The maximum absolute atomic E-state index is 11.7. The SMILES string of the molecule is O=C(O/C=C\c1ccccc1[N+](=O)[O-])N1CCOCC1. The molecule has 1 aliphatic rings. The minimum atomic E-state index is -0.483. The smallest absolute Gasteiger partial charge is 0.414 e. The molecule has 0 spiro atoms. The van der Waals surface area contributed by atoms with Crippen molar-refractivity contribution in [3.8, 4) is 0 Å². The fourth-order valence-corrected chi connectivity index (χ4v) is 1.78. The fourth-order valence-electron chi connectivity index (χ4n) is 1.78. The highest BCUT2D eigenvalue weighted by atomic mass is 16.6. The summed E-state index contributed by atoms with van der Waals surface area (Å²) in [6.07, 6.45) is 2.08. The second-order valence-corrected chi connectivity index (χ2v) is 4.10. The van der Waals surface area contributed by atoms with Gasteiger partial charge in [0.15, 0.2) is 0 Å². The lowest BCUT2D eigenvalue weighted by Crippen LogP contribution is -2.40. The third kappa shape index (κ3) is 3.55. The second kappa shape index (κ2) is 6.67. The first-order valence-electron chi connectivity index (χ1n) is 6.12. The predicted molar refractivity (Wildman–Crippen MR) is 71.0 cm³/mol. The molecule has 1 fully saturated rings. The molecule has 1 aliphatic heterocycles. The molecule has 1 saturated heterocycles. The summed E-state index contributed by atoms with van der Waals surface area (Å²) in [4.78, 5) is 23.5. The number of nitro benzene ring substituents is 1. The van der Waals surface area contributed by atoms with Crippen molar-refractivity contribution in [2.75, 3.05) is 26.3 Å². The van der Waals surface area contributed by atoms with Crippen molar-refractivity contribution in [1.29, 1.82) is 0 Å². The molecule has 0 bridgehead atoms. The van der Waals surface area contributed by atoms with E-state index in [0.29, 0.717) is 31.9 Å². The van der Waals surface area contributed by atoms with E-state index >= 15 is 0 Å². The van der Waals surface area contributed by atoms with Crippen molar-refractivity contribution in [2.24, 2.45) is 0 Å². The summed E-state index contributed by atoms with van der Waals surface area (Å²) in [7, 11) is 0. The molecule has 0 saturated carbocycles. The van der Waals surface area contributed by atoms with Crippen LogP contribution in [0.5, 0.6) is 0 Å². The van der Waals surface area contributed by atoms with Gasteiger partial charge in [-0.2, -0.15) is 0 Å². The van der Waals surface area contributed by atoms with Gasteiger partial charge in [-0.25, -0.2) is 4.79 Å². The zero-order valence-corrected chi connectivity index (χ0v) is 10.7. The number of nitrogens with zero attached hydrogens (tertiary/aromatic N) is 2. The molecular formula is C13H14N2O5. The Morgan fingerprint density at radius 1 is 1.35 bits per heavy atom. The molecule has 1 aromatic carbocycles. The molecule has 0 N–H and O–H groups in total. The molecule has 0 unspecified atom stereocenters. The maximum Gasteiger partial charge on any atom is 0.414 e. The summed E-state index contributed by atoms with van der Waals surface area (Å²) in [6, 6.07) is 6.23. The third-order valence-corrected chi connectivity index (χ3v) is 2.82. The van der Waals surface area contributed by atoms with E-state index in [1.807, 2.05) is 0 Å². The number of hydrogen-bond acceptors (Lipinski definition) is 5. The Balaban J connectivity index is 1.96. The third-order valence-electron chi connectivity index (χ3n) is 2.82. The topological polar surface area (TPSA) is 81.9 Å². The predicted octanol–water partition coefficient (Wildman–Crippen LogP) is 2.03. The van der Waals surface area contributed by atoms with Crippen LogP contribution in [0.3, 0.4) is 0 Å². The van der Waals surface area contributed by atoms with Crippen molar-refractivity contribution < 1.29 is 19.2 Å². The number of carbonyl (C=O) groups is 1. The monoisotopic (exact) mass is 278 g/mol. The molecular weight excluding hydrogens is 264 g/mol. The van der Waals surface area contributed by atoms with Crippen molar-refractivity contribution in [3.63, 3.8) is 0 Å². The molecule has 7 nitrogen and oxygen atoms in total. The van der Waals surface area contributed by atoms with Crippen molar-refractivity contribution >= 4 is 17.9 Å². The summed E-state index contributed by atoms with van der Waals surface area (Å²) < 4.78 is 10.1. The van der Waals surface area contributed by atoms with Crippen LogP contribution in [0.1, 0.15) is 5.56 Å². The number of rotatable bonds is 3. The quantitative estimate of drug-likeness (QED) is 0.480. The van der Waals surface area contributed by atoms with Crippen LogP contribution in [0.25, 0.3) is 6.08 Å². The number of benzene rings is 1. The minimum Gasteiger partial charge on any atom is -0.418 e. The number of ether oxygens (including phenoxy) is 2. The number of morpholine rings is 1. The first-order chi connectivity index (χ1) is 9.68. The number of para-hydroxylation sites is 1. The molecule has 0 radical (unpaired) electrons. The normalized spacial score (nSPS) is 15.3. The Labute approximate surface area is 115 Å². The largest absolute Gasteiger partial charge is 0.418 e. The van der Waals surface area contributed by atoms with Crippen molar-refractivity contribution in [2.45, 2.75) is 0 Å². The molecule has 2 rings (SSSR count). The van der Waals surface area contributed by atoms with Crippen LogP contribution >= 0.6 is 0 Å². The zero-order chi connectivity index (χ0) is 14.4. The molecule has 1 aromatic rings. The van der Waals surface area contributed by atoms with Crippen LogP contribution < -0.4 is 0 Å². The molecule has 0 aliphatic carbocycles. The van der Waals surface area contributed by atoms with Gasteiger partial charge in [-0.15, -0.1) is 0 Å². The van der Waals surface area contributed by atoms with E-state index in [9.17, 15) is 14.9 Å². The number of amides is 1. The first kappa shape index (κ1) is 14.0. The maximum atomic E-state index is 11.7. The van der Waals surface area contributed by atoms with Gasteiger partial charge in [-0.05, 0) is 12.1 Å². The van der Waals surface area contributed by atoms with E-state index in [-0.39, 0.29) is 5.69 Å². The van der Waals surface area contributed by atoms with Crippen LogP contribution in [0.15, 0.2) is 30.5 Å². The first-order valence-corrected chi connectivity index (χ1v) is 6.12. The Hall–Kier alpha value is -2.41. The summed E-state index contributed by atoms with van der Waals surface area (Å²) in [5.41, 5.74) is 0.346. The van der Waals surface area contributed by atoms with Crippen LogP contribution in [0.2, 0.25) is 0 Å². The van der Waals surface area contributed by atoms with E-state index in [4.69, 9.17) is 9.47 Å². The Bertz CT molecular complexity index is 523. The number of nitro groups is 1. The lowest BCUT2D eigenvalue weighted by molar-refractivity contribution is -0.385. The van der Waals surface area contributed by atoms with Gasteiger partial charge in [0.25, 0.3) is 5.69 Å². The summed E-state index contributed by atoms with van der Waals surface area (Å²) in [6.45, 7) is 1.95. The standard InChI is InChI=1S/C13H14N2O5/c16-13(14-6-9-19-10-7-14)20-8-5-11-3-1-2-4-12(11)15(17)18/h1-5,8H,6-7,9-10H2/b8-5-. The lowest BCUT2D eigenvalue weighted by atomic mass is 10.2. The van der Waals surface area contributed by atoms with E-state index in [1.54, 1.807) is 18.2 Å². The molecule has 20 heavy (non-hydrogen) atoms. The van der Waals surface area contributed by atoms with Gasteiger partial charge in [0.2, 0.25) is 0 Å². The van der Waals surface area contributed by atoms with Gasteiger partial charge in [0, 0.05) is 19.2 Å². The Kier molecular flexibility index (Phi) is 4.67. The van der Waals surface area contributed by atoms with E-state index in [2.05, 4.69) is 0 Å². The average molecular weight is 278 g/mol. The lowest BCUT2D eigenvalue weighted by Gasteiger charge is -2.25. The Morgan fingerprint density at radius 2 is 2.05 bits per heavy atom. The van der Waals surface area contributed by atoms with Gasteiger partial charge in [-0.3, -0.25) is 10.1 Å². The van der Waals surface area contributed by atoms with Gasteiger partial charge in [0.05, 0.1) is 30.0 Å². The number of hydrogen-bond donors (Lipinski definition) is 0. The van der Waals surface area contributed by atoms with Gasteiger partial charge in [0.1, 0.15) is 0 Å². The van der Waals surface area contributed by atoms with Crippen LogP contribution in [0, 0.1) is 10.1 Å². The highest BCUT2D eigenvalue weighted by Crippen LogP contribution is 2.18. The summed E-state index contributed by atoms with van der Waals surface area (Å²) in [5.74, 6) is 0. The summed E-state index contributed by atoms with van der Waals surface area (Å²) in [5, 5.41) is 10.8. The molecule has 1 heterocycles. The molecule has 0 atom stereocenters. The molecule has 7 heteroatoms. The molecule has 1 amide bonds. The van der Waals surface area contributed by atoms with Crippen LogP contribution in [-0.2, 0) is 9.47 Å². The van der Waals surface area contributed by atoms with Crippen molar-refractivity contribution in [3.05, 3.63) is 46.2 Å². The fraction of sp³-hybridized carbons (Fsp3) is 0.308. The number of carbonyl (C=O) groups excluding carboxylic acids is 1. The minimum absolute atomic E-state index is 0.0360. The molecule has 106 valence electrons. The highest BCUT2D eigenvalue weighted by Gasteiger charge is 2.17. The van der Waals surface area contributed by atoms with E-state index < -0.39 is 11.0 Å². The Morgan fingerprint density at radius 3 is 2.75 bits per heavy atom. The van der Waals surface area contributed by atoms with Crippen LogP contribution in [0.4, 0.5) is 10.5 Å². The van der Waals surface area contributed by atoms with E-state index in [0.717, 1.165) is 0 Å². The van der Waals surface area contributed by atoms with Crippen LogP contribution in [-0.4, -0.2) is 42.2 Å².